The molecule has 50 heavy (non-hydrogen) atoms. The van der Waals surface area contributed by atoms with E-state index in [0.717, 1.165) is 33.7 Å². The molecule has 0 saturated heterocycles. The molecule has 2 atom stereocenters. The quantitative estimate of drug-likeness (QED) is 0.187. The summed E-state index contributed by atoms with van der Waals surface area (Å²) < 4.78 is 9.25. The van der Waals surface area contributed by atoms with Crippen LogP contribution in [0, 0.1) is 0 Å². The van der Waals surface area contributed by atoms with Crippen LogP contribution >= 0.6 is 0 Å². The lowest BCUT2D eigenvalue weighted by Crippen LogP contribution is -2.13. The van der Waals surface area contributed by atoms with E-state index in [-0.39, 0.29) is 12.0 Å². The topological polar surface area (TPSA) is 52.8 Å². The van der Waals surface area contributed by atoms with Gasteiger partial charge in [-0.15, -0.1) is 0 Å². The zero-order valence-corrected chi connectivity index (χ0v) is 27.0. The van der Waals surface area contributed by atoms with Gasteiger partial charge in [-0.1, -0.05) is 140 Å². The molecule has 3 heterocycles. The van der Waals surface area contributed by atoms with Crippen LogP contribution in [-0.2, 0) is 0 Å². The fourth-order valence-corrected chi connectivity index (χ4v) is 7.46. The Kier molecular flexibility index (Phi) is 6.56. The largest absolute Gasteiger partial charge is 0.484 e. The summed E-state index contributed by atoms with van der Waals surface area (Å²) in [5.74, 6) is 2.85. The van der Waals surface area contributed by atoms with Gasteiger partial charge in [0.2, 0.25) is 0 Å². The Hall–Kier alpha value is -6.59. The van der Waals surface area contributed by atoms with E-state index in [9.17, 15) is 0 Å². The highest BCUT2D eigenvalue weighted by Crippen LogP contribution is 2.53. The molecular weight excluding hydrogens is 613 g/mol. The summed E-state index contributed by atoms with van der Waals surface area (Å²) in [5.41, 5.74) is 11.0. The molecule has 0 fully saturated rings. The zero-order valence-electron chi connectivity index (χ0n) is 27.0. The van der Waals surface area contributed by atoms with Gasteiger partial charge in [0, 0.05) is 44.8 Å². The monoisotopic (exact) mass is 642 g/mol. The second kappa shape index (κ2) is 11.5. The summed E-state index contributed by atoms with van der Waals surface area (Å²) in [6, 6.07) is 54.5. The van der Waals surface area contributed by atoms with E-state index in [1.165, 1.54) is 33.3 Å². The van der Waals surface area contributed by atoms with Crippen LogP contribution in [0.3, 0.4) is 0 Å². The van der Waals surface area contributed by atoms with Crippen LogP contribution in [-0.4, -0.2) is 19.5 Å². The Labute approximate surface area is 289 Å². The first-order valence-corrected chi connectivity index (χ1v) is 16.9. The number of nitrogens with zero attached hydrogens (tertiary/aromatic N) is 4. The van der Waals surface area contributed by atoms with Crippen LogP contribution in [0.5, 0.6) is 5.75 Å². The van der Waals surface area contributed by atoms with Crippen LogP contribution in [0.25, 0.3) is 68.0 Å². The molecule has 0 amide bonds. The number of rotatable bonds is 5. The van der Waals surface area contributed by atoms with Crippen molar-refractivity contribution in [2.45, 2.75) is 12.0 Å². The maximum Gasteiger partial charge on any atom is 0.164 e. The third kappa shape index (κ3) is 4.66. The Morgan fingerprint density at radius 3 is 1.76 bits per heavy atom. The fraction of sp³-hybridized carbons (Fsp3) is 0.0444. The minimum absolute atomic E-state index is 0.110. The minimum atomic E-state index is -0.132. The third-order valence-electron chi connectivity index (χ3n) is 9.84. The van der Waals surface area contributed by atoms with E-state index in [2.05, 4.69) is 138 Å². The van der Waals surface area contributed by atoms with Crippen molar-refractivity contribution in [1.29, 1.82) is 0 Å². The highest BCUT2D eigenvalue weighted by atomic mass is 16.5. The molecule has 1 aliphatic heterocycles. The summed E-state index contributed by atoms with van der Waals surface area (Å²) in [4.78, 5) is 15.0. The maximum atomic E-state index is 6.91. The Morgan fingerprint density at radius 1 is 0.500 bits per heavy atom. The SMILES string of the molecule is C1=CC2c3ccc(-c4nc(-c5ccccc5)nc(-c5ccc(-c6ccccc6)cc5)n4)cc3OC2c2c1n(-c1ccccc1)c1ccccc21. The lowest BCUT2D eigenvalue weighted by Gasteiger charge is -2.22. The molecule has 2 unspecified atom stereocenters. The van der Waals surface area contributed by atoms with Crippen LogP contribution in [0.1, 0.15) is 28.8 Å². The smallest absolute Gasteiger partial charge is 0.164 e. The molecule has 2 aromatic heterocycles. The van der Waals surface area contributed by atoms with E-state index in [0.29, 0.717) is 17.5 Å². The van der Waals surface area contributed by atoms with Gasteiger partial charge in [0.25, 0.3) is 0 Å². The molecule has 8 aromatic rings. The van der Waals surface area contributed by atoms with Crippen molar-refractivity contribution in [3.8, 4) is 56.7 Å². The molecular formula is C45H30N4O. The third-order valence-corrected chi connectivity index (χ3v) is 9.84. The van der Waals surface area contributed by atoms with E-state index >= 15 is 0 Å². The van der Waals surface area contributed by atoms with Gasteiger partial charge in [-0.2, -0.15) is 0 Å². The zero-order chi connectivity index (χ0) is 33.0. The lowest BCUT2D eigenvalue weighted by atomic mass is 9.85. The minimum Gasteiger partial charge on any atom is -0.484 e. The summed E-state index contributed by atoms with van der Waals surface area (Å²) in [5, 5.41) is 1.21. The fourth-order valence-electron chi connectivity index (χ4n) is 7.46. The molecule has 0 N–H and O–H groups in total. The van der Waals surface area contributed by atoms with Crippen LogP contribution in [0.2, 0.25) is 0 Å². The average molecular weight is 643 g/mol. The van der Waals surface area contributed by atoms with Gasteiger partial charge in [-0.05, 0) is 41.5 Å². The molecule has 0 radical (unpaired) electrons. The maximum absolute atomic E-state index is 6.91. The second-order valence-electron chi connectivity index (χ2n) is 12.8. The van der Waals surface area contributed by atoms with Gasteiger partial charge in [-0.25, -0.2) is 15.0 Å². The standard InChI is InChI=1S/C45H30N4O/c1-4-12-29(13-5-1)30-20-22-32(23-21-30)44-46-43(31-14-6-2-7-15-31)47-45(48-44)33-24-25-35-36-26-27-39-41(42(36)50-40(35)28-33)37-18-10-11-19-38(37)49(39)34-16-8-3-9-17-34/h1-28,36,42H. The summed E-state index contributed by atoms with van der Waals surface area (Å²) >= 11 is 0. The number of aromatic nitrogens is 4. The lowest BCUT2D eigenvalue weighted by molar-refractivity contribution is 0.225. The molecule has 6 aromatic carbocycles. The first-order chi connectivity index (χ1) is 24.8. The molecule has 2 aliphatic rings. The van der Waals surface area contributed by atoms with Gasteiger partial charge in [0.15, 0.2) is 17.5 Å². The number of fused-ring (bicyclic) bond motifs is 7. The Bertz CT molecular complexity index is 2560. The second-order valence-corrected chi connectivity index (χ2v) is 12.8. The van der Waals surface area contributed by atoms with Crippen molar-refractivity contribution in [3.63, 3.8) is 0 Å². The van der Waals surface area contributed by atoms with Crippen LogP contribution in [0.4, 0.5) is 0 Å². The van der Waals surface area contributed by atoms with E-state index < -0.39 is 0 Å². The van der Waals surface area contributed by atoms with Crippen LogP contribution in [0.15, 0.2) is 164 Å². The molecule has 10 rings (SSSR count). The van der Waals surface area contributed by atoms with Crippen molar-refractivity contribution >= 4 is 17.0 Å². The van der Waals surface area contributed by atoms with E-state index in [4.69, 9.17) is 19.7 Å². The Balaban J connectivity index is 1.05. The van der Waals surface area contributed by atoms with Crippen LogP contribution < -0.4 is 4.74 Å². The summed E-state index contributed by atoms with van der Waals surface area (Å²) in [7, 11) is 0. The highest BCUT2D eigenvalue weighted by molar-refractivity contribution is 5.92. The van der Waals surface area contributed by atoms with Gasteiger partial charge < -0.3 is 9.30 Å². The first kappa shape index (κ1) is 28.4. The van der Waals surface area contributed by atoms with Crippen molar-refractivity contribution in [2.24, 2.45) is 0 Å². The molecule has 0 bridgehead atoms. The molecule has 0 spiro atoms. The molecule has 5 nitrogen and oxygen atoms in total. The summed E-state index contributed by atoms with van der Waals surface area (Å²) in [6.07, 6.45) is 4.43. The number of hydrogen-bond acceptors (Lipinski definition) is 4. The summed E-state index contributed by atoms with van der Waals surface area (Å²) in [6.45, 7) is 0. The molecule has 1 aliphatic carbocycles. The molecule has 5 heteroatoms. The number of benzene rings is 6. The number of para-hydroxylation sites is 2. The van der Waals surface area contributed by atoms with Crippen molar-refractivity contribution in [1.82, 2.24) is 19.5 Å². The van der Waals surface area contributed by atoms with Crippen molar-refractivity contribution in [2.75, 3.05) is 0 Å². The average Bonchev–Trinajstić information content (AvgIpc) is 3.74. The first-order valence-electron chi connectivity index (χ1n) is 16.9. The van der Waals surface area contributed by atoms with Crippen molar-refractivity contribution < 1.29 is 4.74 Å². The molecule has 0 saturated carbocycles. The normalized spacial score (nSPS) is 15.7. The van der Waals surface area contributed by atoms with E-state index in [1.54, 1.807) is 0 Å². The Morgan fingerprint density at radius 2 is 1.04 bits per heavy atom. The van der Waals surface area contributed by atoms with Gasteiger partial charge in [-0.3, -0.25) is 0 Å². The molecule has 236 valence electrons. The van der Waals surface area contributed by atoms with E-state index in [1.807, 2.05) is 36.4 Å². The predicted octanol–water partition coefficient (Wildman–Crippen LogP) is 10.7. The highest BCUT2D eigenvalue weighted by Gasteiger charge is 2.40. The number of hydrogen-bond donors (Lipinski definition) is 0. The van der Waals surface area contributed by atoms with Gasteiger partial charge in [0.05, 0.1) is 11.2 Å². The van der Waals surface area contributed by atoms with Crippen molar-refractivity contribution in [3.05, 3.63) is 181 Å². The predicted molar refractivity (Wildman–Crippen MR) is 200 cm³/mol. The van der Waals surface area contributed by atoms with Gasteiger partial charge in [0.1, 0.15) is 11.9 Å². The number of ether oxygens (including phenoxy) is 1. The van der Waals surface area contributed by atoms with Gasteiger partial charge >= 0.3 is 0 Å².